The van der Waals surface area contributed by atoms with Crippen LogP contribution in [0.1, 0.15) is 38.8 Å². The quantitative estimate of drug-likeness (QED) is 0.385. The van der Waals surface area contributed by atoms with Gasteiger partial charge in [0.2, 0.25) is 21.8 Å². The van der Waals surface area contributed by atoms with Crippen LogP contribution in [0.4, 0.5) is 8.78 Å². The smallest absolute Gasteiger partial charge is 0.247 e. The molecular formula is C27H33ClF2N4O5S. The number of sulfonamides is 1. The predicted molar refractivity (Wildman–Crippen MR) is 148 cm³/mol. The molecule has 0 unspecified atom stereocenters. The summed E-state index contributed by atoms with van der Waals surface area (Å²) in [5, 5.41) is 2.98. The third-order valence-corrected chi connectivity index (χ3v) is 8.35. The van der Waals surface area contributed by atoms with Crippen LogP contribution in [0.3, 0.4) is 0 Å². The molecule has 0 spiro atoms. The SMILES string of the molecule is CN(CC1=C(c2ccc(Cl)cc2)S(=O)(=O)NC1(C)C)C(=O)[C@@H](COCc1cc(F)ccc1F)NC(=O)C(C)(C)N. The highest BCUT2D eigenvalue weighted by molar-refractivity contribution is 7.99. The van der Waals surface area contributed by atoms with Crippen molar-refractivity contribution in [3.8, 4) is 0 Å². The molecule has 2 aromatic carbocycles. The highest BCUT2D eigenvalue weighted by Gasteiger charge is 2.44. The van der Waals surface area contributed by atoms with E-state index in [1.807, 2.05) is 0 Å². The van der Waals surface area contributed by atoms with Gasteiger partial charge in [-0.2, -0.15) is 0 Å². The first kappa shape index (κ1) is 31.6. The second-order valence-electron chi connectivity index (χ2n) is 10.7. The molecule has 0 saturated heterocycles. The van der Waals surface area contributed by atoms with E-state index in [1.165, 1.54) is 25.8 Å². The number of rotatable bonds is 10. The van der Waals surface area contributed by atoms with E-state index in [4.69, 9.17) is 22.1 Å². The van der Waals surface area contributed by atoms with Gasteiger partial charge in [-0.1, -0.05) is 23.7 Å². The summed E-state index contributed by atoms with van der Waals surface area (Å²) in [7, 11) is -2.47. The Balaban J connectivity index is 1.89. The molecule has 3 rings (SSSR count). The van der Waals surface area contributed by atoms with E-state index in [9.17, 15) is 26.8 Å². The fourth-order valence-corrected chi connectivity index (χ4v) is 6.25. The van der Waals surface area contributed by atoms with Crippen LogP contribution in [-0.4, -0.2) is 62.5 Å². The number of halogens is 3. The van der Waals surface area contributed by atoms with Crippen LogP contribution in [0.15, 0.2) is 48.0 Å². The zero-order valence-electron chi connectivity index (χ0n) is 22.8. The maximum absolute atomic E-state index is 14.0. The molecule has 2 aromatic rings. The highest BCUT2D eigenvalue weighted by atomic mass is 35.5. The molecule has 0 radical (unpaired) electrons. The molecule has 9 nitrogen and oxygen atoms in total. The Morgan fingerprint density at radius 3 is 2.40 bits per heavy atom. The molecule has 0 aliphatic carbocycles. The fraction of sp³-hybridized carbons (Fsp3) is 0.407. The van der Waals surface area contributed by atoms with Gasteiger partial charge >= 0.3 is 0 Å². The van der Waals surface area contributed by atoms with Crippen molar-refractivity contribution in [2.24, 2.45) is 5.73 Å². The average molecular weight is 599 g/mol. The van der Waals surface area contributed by atoms with Gasteiger partial charge in [-0.05, 0) is 69.2 Å². The van der Waals surface area contributed by atoms with Crippen molar-refractivity contribution in [3.05, 3.63) is 75.8 Å². The van der Waals surface area contributed by atoms with Crippen molar-refractivity contribution >= 4 is 38.3 Å². The van der Waals surface area contributed by atoms with Gasteiger partial charge < -0.3 is 20.7 Å². The highest BCUT2D eigenvalue weighted by Crippen LogP contribution is 2.38. The molecule has 1 atom stereocenters. The Hall–Kier alpha value is -2.90. The van der Waals surface area contributed by atoms with E-state index < -0.39 is 50.6 Å². The Labute approximate surface area is 237 Å². The molecule has 1 aliphatic rings. The summed E-state index contributed by atoms with van der Waals surface area (Å²) < 4.78 is 61.9. The number of carbonyl (C=O) groups excluding carboxylic acids is 2. The van der Waals surface area contributed by atoms with Gasteiger partial charge in [-0.25, -0.2) is 21.9 Å². The molecule has 0 bridgehead atoms. The van der Waals surface area contributed by atoms with Gasteiger partial charge in [-0.15, -0.1) is 0 Å². The predicted octanol–water partition coefficient (Wildman–Crippen LogP) is 2.94. The lowest BCUT2D eigenvalue weighted by atomic mass is 9.92. The van der Waals surface area contributed by atoms with Crippen LogP contribution in [0.2, 0.25) is 5.02 Å². The number of amides is 2. The number of nitrogens with one attached hydrogen (secondary N) is 2. The molecule has 40 heavy (non-hydrogen) atoms. The zero-order chi connectivity index (χ0) is 30.0. The number of ether oxygens (including phenoxy) is 1. The monoisotopic (exact) mass is 598 g/mol. The van der Waals surface area contributed by atoms with Crippen molar-refractivity contribution in [2.45, 2.75) is 51.4 Å². The number of nitrogens with two attached hydrogens (primary N) is 1. The molecule has 0 saturated carbocycles. The summed E-state index contributed by atoms with van der Waals surface area (Å²) in [6.45, 7) is 5.40. The second kappa shape index (κ2) is 11.9. The van der Waals surface area contributed by atoms with E-state index in [0.717, 1.165) is 18.2 Å². The summed E-state index contributed by atoms with van der Waals surface area (Å²) in [6, 6.07) is 7.92. The van der Waals surface area contributed by atoms with Gasteiger partial charge in [0.15, 0.2) is 0 Å². The third-order valence-electron chi connectivity index (χ3n) is 6.30. The van der Waals surface area contributed by atoms with Crippen molar-refractivity contribution < 1.29 is 31.5 Å². The normalized spacial score (nSPS) is 17.0. The van der Waals surface area contributed by atoms with Crippen LogP contribution < -0.4 is 15.8 Å². The Morgan fingerprint density at radius 1 is 1.18 bits per heavy atom. The first-order valence-electron chi connectivity index (χ1n) is 12.3. The minimum absolute atomic E-state index is 0.0234. The van der Waals surface area contributed by atoms with Gasteiger partial charge in [0.25, 0.3) is 0 Å². The Morgan fingerprint density at radius 2 is 1.80 bits per heavy atom. The molecule has 0 aromatic heterocycles. The van der Waals surface area contributed by atoms with E-state index in [1.54, 1.807) is 38.1 Å². The van der Waals surface area contributed by atoms with Crippen LogP contribution in [0.25, 0.3) is 4.91 Å². The van der Waals surface area contributed by atoms with E-state index in [0.29, 0.717) is 16.2 Å². The second-order valence-corrected chi connectivity index (χ2v) is 12.8. The molecule has 1 aliphatic heterocycles. The van der Waals surface area contributed by atoms with E-state index in [2.05, 4.69) is 10.0 Å². The molecule has 2 amide bonds. The fourth-order valence-electron chi connectivity index (χ4n) is 4.14. The molecule has 13 heteroatoms. The minimum Gasteiger partial charge on any atom is -0.374 e. The molecule has 0 fully saturated rings. The maximum Gasteiger partial charge on any atom is 0.247 e. The number of likely N-dealkylation sites (N-methyl/N-ethyl adjacent to an activating group) is 1. The maximum atomic E-state index is 14.0. The van der Waals surface area contributed by atoms with Crippen LogP contribution in [0, 0.1) is 11.6 Å². The van der Waals surface area contributed by atoms with Crippen molar-refractivity contribution in [1.82, 2.24) is 14.9 Å². The number of hydrogen-bond donors (Lipinski definition) is 3. The van der Waals surface area contributed by atoms with Crippen LogP contribution in [-0.2, 0) is 31.0 Å². The number of nitrogens with zero attached hydrogens (tertiary/aromatic N) is 1. The van der Waals surface area contributed by atoms with Gasteiger partial charge in [0.05, 0.1) is 29.2 Å². The lowest BCUT2D eigenvalue weighted by molar-refractivity contribution is -0.138. The first-order chi connectivity index (χ1) is 18.4. The average Bonchev–Trinajstić information content (AvgIpc) is 3.02. The van der Waals surface area contributed by atoms with Crippen LogP contribution >= 0.6 is 11.6 Å². The van der Waals surface area contributed by atoms with Crippen LogP contribution in [0.5, 0.6) is 0 Å². The molecule has 1 heterocycles. The molecule has 218 valence electrons. The lowest BCUT2D eigenvalue weighted by Crippen LogP contribution is -2.57. The zero-order valence-corrected chi connectivity index (χ0v) is 24.4. The van der Waals surface area contributed by atoms with Gasteiger partial charge in [0.1, 0.15) is 17.7 Å². The number of hydrogen-bond acceptors (Lipinski definition) is 6. The Kier molecular flexibility index (Phi) is 9.42. The minimum atomic E-state index is -3.92. The summed E-state index contributed by atoms with van der Waals surface area (Å²) >= 11 is 5.98. The Bertz CT molecular complexity index is 1420. The standard InChI is InChI=1S/C27H33ClF2N4O5S/c1-26(2,31)25(36)32-22(15-39-14-17-12-19(29)10-11-21(17)30)24(35)34(5)13-20-23(16-6-8-18(28)9-7-16)40(37,38)33-27(20,3)4/h6-12,22,33H,13-15,31H2,1-5H3,(H,32,36)/t22-/m1/s1. The molecule has 4 N–H and O–H groups in total. The van der Waals surface area contributed by atoms with E-state index in [-0.39, 0.29) is 30.2 Å². The van der Waals surface area contributed by atoms with Crippen molar-refractivity contribution in [3.63, 3.8) is 0 Å². The number of benzene rings is 2. The molecular weight excluding hydrogens is 566 g/mol. The topological polar surface area (TPSA) is 131 Å². The van der Waals surface area contributed by atoms with Gasteiger partial charge in [-0.3, -0.25) is 9.59 Å². The third kappa shape index (κ3) is 7.43. The van der Waals surface area contributed by atoms with Crippen molar-refractivity contribution in [2.75, 3.05) is 20.2 Å². The lowest BCUT2D eigenvalue weighted by Gasteiger charge is -2.30. The number of carbonyl (C=O) groups is 2. The summed E-state index contributed by atoms with van der Waals surface area (Å²) in [6.07, 6.45) is 0. The summed E-state index contributed by atoms with van der Waals surface area (Å²) in [5.74, 6) is -2.60. The van der Waals surface area contributed by atoms with Gasteiger partial charge in [0, 0.05) is 24.2 Å². The largest absolute Gasteiger partial charge is 0.374 e. The van der Waals surface area contributed by atoms with E-state index >= 15 is 0 Å². The first-order valence-corrected chi connectivity index (χ1v) is 14.2. The summed E-state index contributed by atoms with van der Waals surface area (Å²) in [4.78, 5) is 27.5. The van der Waals surface area contributed by atoms with Crippen molar-refractivity contribution in [1.29, 1.82) is 0 Å². The summed E-state index contributed by atoms with van der Waals surface area (Å²) in [5.41, 5.74) is 4.27.